The Balaban J connectivity index is 0.716. The molecule has 0 spiro atoms. The van der Waals surface area contributed by atoms with Crippen LogP contribution in [-0.2, 0) is 41.6 Å². The summed E-state index contributed by atoms with van der Waals surface area (Å²) in [5, 5.41) is 13.8. The highest BCUT2D eigenvalue weighted by molar-refractivity contribution is 5.99. The van der Waals surface area contributed by atoms with Gasteiger partial charge in [0, 0.05) is 94.7 Å². The number of hydrogen-bond donors (Lipinski definition) is 5. The van der Waals surface area contributed by atoms with Crippen molar-refractivity contribution in [3.8, 4) is 23.6 Å². The van der Waals surface area contributed by atoms with Gasteiger partial charge in [0.15, 0.2) is 17.8 Å². The molecule has 0 atom stereocenters. The first-order valence-electron chi connectivity index (χ1n) is 22.7. The van der Waals surface area contributed by atoms with Crippen LogP contribution in [0.1, 0.15) is 35.2 Å². The van der Waals surface area contributed by atoms with Gasteiger partial charge in [0.1, 0.15) is 23.4 Å². The summed E-state index contributed by atoms with van der Waals surface area (Å²) in [5.41, 5.74) is 16.3. The highest BCUT2D eigenvalue weighted by Gasteiger charge is 2.22. The van der Waals surface area contributed by atoms with Gasteiger partial charge in [-0.05, 0) is 31.0 Å². The fourth-order valence-corrected chi connectivity index (χ4v) is 7.08. The number of nitrogens with one attached hydrogen (secondary N) is 3. The number of unbranched alkanes of at least 4 members (excludes halogenated alkanes) is 1. The van der Waals surface area contributed by atoms with E-state index in [2.05, 4.69) is 71.3 Å². The number of terminal acetylenes is 1. The molecule has 1 aromatic carbocycles. The number of piperazine rings is 1. The number of carbonyl (C=O) groups excluding carboxylic acids is 3. The number of amides is 3. The first-order valence-corrected chi connectivity index (χ1v) is 22.7. The van der Waals surface area contributed by atoms with Gasteiger partial charge in [-0.1, -0.05) is 5.92 Å². The van der Waals surface area contributed by atoms with E-state index in [0.717, 1.165) is 11.1 Å². The van der Waals surface area contributed by atoms with Gasteiger partial charge in [0.05, 0.1) is 63.8 Å². The van der Waals surface area contributed by atoms with Crippen molar-refractivity contribution in [2.75, 3.05) is 120 Å². The van der Waals surface area contributed by atoms with Crippen LogP contribution in [0, 0.1) is 12.3 Å². The summed E-state index contributed by atoms with van der Waals surface area (Å²) in [4.78, 5) is 71.5. The molecule has 0 aliphatic carbocycles. The van der Waals surface area contributed by atoms with Crippen LogP contribution in [0.25, 0.3) is 33.4 Å². The molecule has 70 heavy (non-hydrogen) atoms. The molecule has 7 N–H and O–H groups in total. The first kappa shape index (κ1) is 50.1. The van der Waals surface area contributed by atoms with Crippen molar-refractivity contribution in [3.63, 3.8) is 0 Å². The van der Waals surface area contributed by atoms with Gasteiger partial charge < -0.3 is 65.3 Å². The SMILES string of the molecule is C#CCOC(=O)NCCOCCOCCOCCOCCC(=O)NCc1cnc(N2CCN(c3ncc(C(=O)NCCCCn4nc(-c5ccc6oc(N)nc6c5)c5c(N)ncnc54)cn3)CC2)nc1. The largest absolute Gasteiger partial charge is 0.436 e. The smallest absolute Gasteiger partial charge is 0.408 e. The molecule has 0 saturated carbocycles. The number of hydrogen-bond acceptors (Lipinski definition) is 21. The summed E-state index contributed by atoms with van der Waals surface area (Å²) in [7, 11) is 0. The van der Waals surface area contributed by atoms with E-state index in [9.17, 15) is 14.4 Å². The van der Waals surface area contributed by atoms with Gasteiger partial charge in [0.25, 0.3) is 11.9 Å². The second-order valence-electron chi connectivity index (χ2n) is 15.5. The Kier molecular flexibility index (Phi) is 18.7. The molecule has 1 saturated heterocycles. The molecule has 0 bridgehead atoms. The van der Waals surface area contributed by atoms with Crippen LogP contribution in [0.15, 0.2) is 53.7 Å². The van der Waals surface area contributed by atoms with E-state index in [-0.39, 0.29) is 37.5 Å². The van der Waals surface area contributed by atoms with Gasteiger partial charge in [0.2, 0.25) is 17.8 Å². The van der Waals surface area contributed by atoms with Crippen molar-refractivity contribution in [1.29, 1.82) is 0 Å². The molecular weight excluding hydrogens is 909 g/mol. The summed E-state index contributed by atoms with van der Waals surface area (Å²) in [5.74, 6) is 3.25. The molecule has 25 nitrogen and oxygen atoms in total. The first-order chi connectivity index (χ1) is 34.2. The molecular formula is C45H56N16O9. The average molecular weight is 965 g/mol. The minimum Gasteiger partial charge on any atom is -0.436 e. The highest BCUT2D eigenvalue weighted by atomic mass is 16.6. The number of nitrogens with zero attached hydrogens (tertiary/aromatic N) is 11. The highest BCUT2D eigenvalue weighted by Crippen LogP contribution is 2.32. The number of fused-ring (bicyclic) bond motifs is 2. The number of alkyl carbamates (subject to hydrolysis) is 1. The average Bonchev–Trinajstić information content (AvgIpc) is 3.96. The van der Waals surface area contributed by atoms with Crippen LogP contribution < -0.4 is 37.2 Å². The Morgan fingerprint density at radius 1 is 0.757 bits per heavy atom. The monoisotopic (exact) mass is 964 g/mol. The van der Waals surface area contributed by atoms with Crippen molar-refractivity contribution in [2.45, 2.75) is 32.4 Å². The minimum atomic E-state index is -0.585. The third kappa shape index (κ3) is 14.6. The number of nitrogen functional groups attached to an aromatic ring is 2. The zero-order chi connectivity index (χ0) is 48.9. The Morgan fingerprint density at radius 3 is 2.10 bits per heavy atom. The lowest BCUT2D eigenvalue weighted by Gasteiger charge is -2.34. The second-order valence-corrected chi connectivity index (χ2v) is 15.5. The fraction of sp³-hybridized carbons (Fsp3) is 0.444. The molecule has 0 unspecified atom stereocenters. The molecule has 1 aliphatic rings. The van der Waals surface area contributed by atoms with Crippen LogP contribution in [-0.4, -0.2) is 161 Å². The minimum absolute atomic E-state index is 0.0772. The topological polar surface area (TPSA) is 313 Å². The Bertz CT molecular complexity index is 2670. The number of rotatable bonds is 27. The summed E-state index contributed by atoms with van der Waals surface area (Å²) in [6, 6.07) is 5.57. The van der Waals surface area contributed by atoms with Crippen LogP contribution >= 0.6 is 0 Å². The van der Waals surface area contributed by atoms with Crippen LogP contribution in [0.3, 0.4) is 0 Å². The van der Waals surface area contributed by atoms with Gasteiger partial charge in [-0.25, -0.2) is 39.4 Å². The lowest BCUT2D eigenvalue weighted by Crippen LogP contribution is -2.47. The van der Waals surface area contributed by atoms with Crippen molar-refractivity contribution in [2.24, 2.45) is 0 Å². The van der Waals surface area contributed by atoms with Gasteiger partial charge in [-0.2, -0.15) is 10.1 Å². The van der Waals surface area contributed by atoms with E-state index >= 15 is 0 Å². The summed E-state index contributed by atoms with van der Waals surface area (Å²) in [6.45, 7) is 6.96. The molecule has 3 amide bonds. The van der Waals surface area contributed by atoms with E-state index in [1.807, 2.05) is 12.1 Å². The maximum atomic E-state index is 12.9. The standard InChI is InChI=1S/C45H56N16O9/c1-2-15-69-45(64)49-9-17-66-19-21-68-23-22-67-20-18-65-16-7-36(62)50-25-31-26-51-43(52-27-31)59-11-13-60(14-12-59)44-53-28-33(29-54-44)41(63)48-8-3-4-10-61-40-37(39(46)55-30-56-40)38(58-61)32-5-6-35-34(24-32)57-42(47)70-35/h1,5-6,24,26-30H,3-4,7-23,25H2,(H2,47,57)(H,48,63)(H,49,64)(H,50,62)(H2,46,55,56). The number of benzene rings is 1. The maximum absolute atomic E-state index is 12.9. The number of ether oxygens (including phenoxy) is 5. The van der Waals surface area contributed by atoms with Gasteiger partial charge in [-0.15, -0.1) is 6.42 Å². The van der Waals surface area contributed by atoms with Gasteiger partial charge in [-0.3, -0.25) is 9.59 Å². The molecule has 6 aromatic rings. The zero-order valence-corrected chi connectivity index (χ0v) is 38.6. The quantitative estimate of drug-likeness (QED) is 0.0359. The summed E-state index contributed by atoms with van der Waals surface area (Å²) < 4.78 is 33.6. The van der Waals surface area contributed by atoms with Crippen LogP contribution in [0.2, 0.25) is 0 Å². The van der Waals surface area contributed by atoms with Crippen LogP contribution in [0.4, 0.5) is 28.5 Å². The number of carbonyl (C=O) groups is 3. The van der Waals surface area contributed by atoms with Crippen LogP contribution in [0.5, 0.6) is 0 Å². The van der Waals surface area contributed by atoms with E-state index in [1.165, 1.54) is 18.7 Å². The van der Waals surface area contributed by atoms with Crippen molar-refractivity contribution in [3.05, 3.63) is 60.4 Å². The Morgan fingerprint density at radius 2 is 1.41 bits per heavy atom. The summed E-state index contributed by atoms with van der Waals surface area (Å²) in [6.07, 6.45) is 13.9. The lowest BCUT2D eigenvalue weighted by molar-refractivity contribution is -0.122. The predicted molar refractivity (Wildman–Crippen MR) is 255 cm³/mol. The molecule has 1 fully saturated rings. The summed E-state index contributed by atoms with van der Waals surface area (Å²) >= 11 is 0. The number of aromatic nitrogens is 9. The molecule has 7 rings (SSSR count). The van der Waals surface area contributed by atoms with Crippen molar-refractivity contribution >= 4 is 63.8 Å². The zero-order valence-electron chi connectivity index (χ0n) is 38.6. The van der Waals surface area contributed by atoms with E-state index < -0.39 is 6.09 Å². The molecule has 25 heteroatoms. The molecule has 5 aromatic heterocycles. The Labute approximate surface area is 402 Å². The number of anilines is 4. The molecule has 0 radical (unpaired) electrons. The third-order valence-corrected chi connectivity index (χ3v) is 10.6. The third-order valence-electron chi connectivity index (χ3n) is 10.6. The molecule has 1 aliphatic heterocycles. The molecule has 6 heterocycles. The van der Waals surface area contributed by atoms with E-state index in [1.54, 1.807) is 23.1 Å². The number of oxazole rings is 1. The number of nitrogens with two attached hydrogens (primary N) is 2. The predicted octanol–water partition coefficient (Wildman–Crippen LogP) is 1.35. The van der Waals surface area contributed by atoms with Crippen molar-refractivity contribution in [1.82, 2.24) is 60.6 Å². The van der Waals surface area contributed by atoms with E-state index in [0.29, 0.717) is 163 Å². The number of aryl methyl sites for hydroxylation is 1. The lowest BCUT2D eigenvalue weighted by atomic mass is 10.1. The fourth-order valence-electron chi connectivity index (χ4n) is 7.08. The Hall–Kier alpha value is -7.79. The van der Waals surface area contributed by atoms with E-state index in [4.69, 9.17) is 46.4 Å². The maximum Gasteiger partial charge on any atom is 0.408 e. The van der Waals surface area contributed by atoms with Gasteiger partial charge >= 0.3 is 6.09 Å². The second kappa shape index (κ2) is 26.1. The van der Waals surface area contributed by atoms with Crippen molar-refractivity contribution < 1.29 is 42.5 Å². The molecule has 370 valence electrons. The normalized spacial score (nSPS) is 12.6.